The van der Waals surface area contributed by atoms with Gasteiger partial charge in [0.1, 0.15) is 6.17 Å². The largest absolute Gasteiger partial charge is 0.465 e. The van der Waals surface area contributed by atoms with Crippen LogP contribution in [0.15, 0.2) is 60.7 Å². The van der Waals surface area contributed by atoms with Crippen LogP contribution in [0.4, 0.5) is 5.69 Å². The molecule has 0 fully saturated rings. The first-order chi connectivity index (χ1) is 12.8. The predicted molar refractivity (Wildman–Crippen MR) is 109 cm³/mol. The fourth-order valence-corrected chi connectivity index (χ4v) is 2.51. The summed E-state index contributed by atoms with van der Waals surface area (Å²) >= 11 is 18.0. The lowest BCUT2D eigenvalue weighted by Crippen LogP contribution is -2.48. The van der Waals surface area contributed by atoms with Crippen molar-refractivity contribution in [1.29, 1.82) is 0 Å². The van der Waals surface area contributed by atoms with Gasteiger partial charge in [0.05, 0.1) is 18.4 Å². The molecule has 0 aromatic heterocycles. The first kappa shape index (κ1) is 21.1. The van der Waals surface area contributed by atoms with Gasteiger partial charge >= 0.3 is 5.97 Å². The molecule has 8 heteroatoms. The van der Waals surface area contributed by atoms with Gasteiger partial charge in [0.2, 0.25) is 9.70 Å². The van der Waals surface area contributed by atoms with Gasteiger partial charge in [-0.2, -0.15) is 0 Å². The molecule has 1 amide bonds. The second-order valence-electron chi connectivity index (χ2n) is 5.41. The molecule has 0 aliphatic heterocycles. The maximum Gasteiger partial charge on any atom is 0.339 e. The maximum absolute atomic E-state index is 12.2. The minimum Gasteiger partial charge on any atom is -0.465 e. The van der Waals surface area contributed by atoms with E-state index in [4.69, 9.17) is 39.5 Å². The quantitative estimate of drug-likeness (QED) is 0.310. The molecule has 5 nitrogen and oxygen atoms in total. The number of esters is 1. The van der Waals surface area contributed by atoms with Gasteiger partial charge in [-0.15, -0.1) is 0 Å². The Labute approximate surface area is 172 Å². The lowest BCUT2D eigenvalue weighted by molar-refractivity contribution is -0.116. The SMILES string of the molecule is COC(=O)c1ccccc1NC(NC(=O)/C=C/c1ccccc1)C(Cl)(Cl)Cl. The third kappa shape index (κ3) is 6.47. The second kappa shape index (κ2) is 9.65. The average molecular weight is 428 g/mol. The Morgan fingerprint density at radius 2 is 1.67 bits per heavy atom. The highest BCUT2D eigenvalue weighted by Gasteiger charge is 2.34. The number of halogens is 3. The molecular weight excluding hydrogens is 411 g/mol. The van der Waals surface area contributed by atoms with Gasteiger partial charge in [0.25, 0.3) is 0 Å². The van der Waals surface area contributed by atoms with Crippen molar-refractivity contribution in [3.8, 4) is 0 Å². The third-order valence-corrected chi connectivity index (χ3v) is 4.13. The van der Waals surface area contributed by atoms with E-state index >= 15 is 0 Å². The summed E-state index contributed by atoms with van der Waals surface area (Å²) in [6, 6.07) is 15.8. The number of anilines is 1. The summed E-state index contributed by atoms with van der Waals surface area (Å²) in [5.41, 5.74) is 1.45. The molecular formula is C19H17Cl3N2O3. The standard InChI is InChI=1S/C19H17Cl3N2O3/c1-27-17(26)14-9-5-6-10-15(14)23-18(19(20,21)22)24-16(25)12-11-13-7-3-2-4-8-13/h2-12,18,23H,1H3,(H,24,25)/b12-11+. The summed E-state index contributed by atoms with van der Waals surface area (Å²) in [5, 5.41) is 5.44. The molecule has 2 aromatic rings. The Hall–Kier alpha value is -2.21. The smallest absolute Gasteiger partial charge is 0.339 e. The van der Waals surface area contributed by atoms with E-state index in [9.17, 15) is 9.59 Å². The number of methoxy groups -OCH3 is 1. The van der Waals surface area contributed by atoms with Crippen LogP contribution in [0.5, 0.6) is 0 Å². The van der Waals surface area contributed by atoms with Crippen molar-refractivity contribution in [1.82, 2.24) is 5.32 Å². The number of benzene rings is 2. The van der Waals surface area contributed by atoms with E-state index in [0.717, 1.165) is 5.56 Å². The summed E-state index contributed by atoms with van der Waals surface area (Å²) in [6.07, 6.45) is 1.86. The fraction of sp³-hybridized carbons (Fsp3) is 0.158. The molecule has 0 radical (unpaired) electrons. The molecule has 0 aliphatic carbocycles. The minimum absolute atomic E-state index is 0.244. The van der Waals surface area contributed by atoms with Crippen LogP contribution in [-0.2, 0) is 9.53 Å². The number of amides is 1. The lowest BCUT2D eigenvalue weighted by Gasteiger charge is -2.27. The molecule has 142 valence electrons. The van der Waals surface area contributed by atoms with E-state index < -0.39 is 21.8 Å². The van der Waals surface area contributed by atoms with Crippen molar-refractivity contribution in [3.05, 3.63) is 71.8 Å². The molecule has 1 unspecified atom stereocenters. The third-order valence-electron chi connectivity index (χ3n) is 3.47. The average Bonchev–Trinajstić information content (AvgIpc) is 2.65. The van der Waals surface area contributed by atoms with Gasteiger partial charge < -0.3 is 15.4 Å². The molecule has 0 bridgehead atoms. The lowest BCUT2D eigenvalue weighted by atomic mass is 10.1. The number of para-hydroxylation sites is 1. The van der Waals surface area contributed by atoms with Gasteiger partial charge in [-0.05, 0) is 23.8 Å². The molecule has 0 aliphatic rings. The number of alkyl halides is 3. The van der Waals surface area contributed by atoms with E-state index in [1.807, 2.05) is 30.3 Å². The summed E-state index contributed by atoms with van der Waals surface area (Å²) in [4.78, 5) is 24.1. The molecule has 0 heterocycles. The van der Waals surface area contributed by atoms with E-state index in [1.165, 1.54) is 13.2 Å². The summed E-state index contributed by atoms with van der Waals surface area (Å²) in [7, 11) is 1.27. The number of rotatable bonds is 6. The molecule has 2 N–H and O–H groups in total. The molecule has 0 saturated heterocycles. The van der Waals surface area contributed by atoms with Crippen LogP contribution in [0, 0.1) is 0 Å². The molecule has 2 rings (SSSR count). The first-order valence-corrected chi connectivity index (χ1v) is 8.99. The Morgan fingerprint density at radius 1 is 1.04 bits per heavy atom. The fourth-order valence-electron chi connectivity index (χ4n) is 2.18. The number of ether oxygens (including phenoxy) is 1. The minimum atomic E-state index is -1.88. The Bertz CT molecular complexity index is 820. The van der Waals surface area contributed by atoms with Gasteiger partial charge in [0.15, 0.2) is 0 Å². The van der Waals surface area contributed by atoms with Crippen LogP contribution in [0.1, 0.15) is 15.9 Å². The van der Waals surface area contributed by atoms with Crippen LogP contribution in [0.3, 0.4) is 0 Å². The molecule has 0 saturated carbocycles. The van der Waals surface area contributed by atoms with Crippen molar-refractivity contribution in [2.45, 2.75) is 9.96 Å². The van der Waals surface area contributed by atoms with Crippen molar-refractivity contribution < 1.29 is 14.3 Å². The van der Waals surface area contributed by atoms with Crippen LogP contribution in [-0.4, -0.2) is 28.9 Å². The second-order valence-corrected chi connectivity index (χ2v) is 7.78. The predicted octanol–water partition coefficient (Wildman–Crippen LogP) is 4.41. The number of carbonyl (C=O) groups is 2. The Kier molecular flexibility index (Phi) is 7.54. The van der Waals surface area contributed by atoms with Crippen LogP contribution in [0.25, 0.3) is 6.08 Å². The zero-order valence-electron chi connectivity index (χ0n) is 14.3. The van der Waals surface area contributed by atoms with Crippen molar-refractivity contribution >= 4 is 58.4 Å². The monoisotopic (exact) mass is 426 g/mol. The summed E-state index contributed by atoms with van der Waals surface area (Å²) in [6.45, 7) is 0. The van der Waals surface area contributed by atoms with E-state index in [-0.39, 0.29) is 5.56 Å². The summed E-state index contributed by atoms with van der Waals surface area (Å²) in [5.74, 6) is -1.03. The zero-order chi connectivity index (χ0) is 19.9. The molecule has 0 spiro atoms. The molecule has 1 atom stereocenters. The first-order valence-electron chi connectivity index (χ1n) is 7.85. The maximum atomic E-state index is 12.2. The highest BCUT2D eigenvalue weighted by molar-refractivity contribution is 6.68. The number of carbonyl (C=O) groups excluding carboxylic acids is 2. The van der Waals surface area contributed by atoms with Crippen molar-refractivity contribution in [3.63, 3.8) is 0 Å². The van der Waals surface area contributed by atoms with Gasteiger partial charge in [-0.1, -0.05) is 77.3 Å². The molecule has 2 aromatic carbocycles. The van der Waals surface area contributed by atoms with E-state index in [2.05, 4.69) is 10.6 Å². The topological polar surface area (TPSA) is 67.4 Å². The van der Waals surface area contributed by atoms with Gasteiger partial charge in [0, 0.05) is 6.08 Å². The number of nitrogens with one attached hydrogen (secondary N) is 2. The zero-order valence-corrected chi connectivity index (χ0v) is 16.6. The summed E-state index contributed by atoms with van der Waals surface area (Å²) < 4.78 is 2.86. The normalized spacial score (nSPS) is 12.4. The number of hydrogen-bond acceptors (Lipinski definition) is 4. The van der Waals surface area contributed by atoms with Crippen molar-refractivity contribution in [2.24, 2.45) is 0 Å². The Morgan fingerprint density at radius 3 is 2.30 bits per heavy atom. The van der Waals surface area contributed by atoms with E-state index in [1.54, 1.807) is 30.3 Å². The number of hydrogen-bond donors (Lipinski definition) is 2. The van der Waals surface area contributed by atoms with Crippen LogP contribution >= 0.6 is 34.8 Å². The van der Waals surface area contributed by atoms with Crippen LogP contribution in [0.2, 0.25) is 0 Å². The Balaban J connectivity index is 2.16. The van der Waals surface area contributed by atoms with Crippen LogP contribution < -0.4 is 10.6 Å². The van der Waals surface area contributed by atoms with E-state index in [0.29, 0.717) is 5.69 Å². The van der Waals surface area contributed by atoms with Crippen molar-refractivity contribution in [2.75, 3.05) is 12.4 Å². The molecule has 27 heavy (non-hydrogen) atoms. The highest BCUT2D eigenvalue weighted by atomic mass is 35.6. The van der Waals surface area contributed by atoms with Gasteiger partial charge in [-0.3, -0.25) is 4.79 Å². The van der Waals surface area contributed by atoms with Gasteiger partial charge in [-0.25, -0.2) is 4.79 Å². The highest BCUT2D eigenvalue weighted by Crippen LogP contribution is 2.32.